The molecule has 2 aromatic carbocycles. The van der Waals surface area contributed by atoms with Gasteiger partial charge in [-0.25, -0.2) is 4.98 Å². The minimum Gasteiger partial charge on any atom is -0.324 e. The maximum atomic E-state index is 12.0. The number of aromatic nitrogens is 1. The highest BCUT2D eigenvalue weighted by molar-refractivity contribution is 8.00. The highest BCUT2D eigenvalue weighted by Gasteiger charge is 2.05. The molecule has 0 atom stereocenters. The van der Waals surface area contributed by atoms with E-state index in [4.69, 9.17) is 0 Å². The van der Waals surface area contributed by atoms with Gasteiger partial charge in [0.25, 0.3) is 0 Å². The number of carbonyl (C=O) groups is 1. The smallest absolute Gasteiger partial charge is 0.234 e. The van der Waals surface area contributed by atoms with E-state index in [1.807, 2.05) is 30.5 Å². The third kappa shape index (κ3) is 4.27. The minimum atomic E-state index is -0.0261. The van der Waals surface area contributed by atoms with Crippen LogP contribution in [0.1, 0.15) is 0 Å². The summed E-state index contributed by atoms with van der Waals surface area (Å²) in [6.45, 7) is 0. The summed E-state index contributed by atoms with van der Waals surface area (Å²) in [6.07, 6.45) is 3.66. The third-order valence-corrected chi connectivity index (χ3v) is 4.97. The summed E-state index contributed by atoms with van der Waals surface area (Å²) in [5, 5.41) is 6.21. The molecule has 116 valence electrons. The lowest BCUT2D eigenvalue weighted by Gasteiger charge is -2.06. The van der Waals surface area contributed by atoms with E-state index in [-0.39, 0.29) is 5.91 Å². The van der Waals surface area contributed by atoms with Crippen LogP contribution in [0.15, 0.2) is 70.7 Å². The SMILES string of the molecule is CSc1ccc(NC(=O)CSc2ccc3ccccc3c2)cn1. The van der Waals surface area contributed by atoms with Gasteiger partial charge in [-0.15, -0.1) is 23.5 Å². The average molecular weight is 340 g/mol. The van der Waals surface area contributed by atoms with Gasteiger partial charge < -0.3 is 5.32 Å². The number of pyridine rings is 1. The summed E-state index contributed by atoms with van der Waals surface area (Å²) in [7, 11) is 0. The molecule has 0 unspecified atom stereocenters. The van der Waals surface area contributed by atoms with E-state index in [2.05, 4.69) is 40.6 Å². The van der Waals surface area contributed by atoms with Crippen molar-refractivity contribution in [1.29, 1.82) is 0 Å². The second-order valence-corrected chi connectivity index (χ2v) is 6.81. The maximum Gasteiger partial charge on any atom is 0.234 e. The third-order valence-electron chi connectivity index (χ3n) is 3.32. The van der Waals surface area contributed by atoms with Crippen molar-refractivity contribution in [3.63, 3.8) is 0 Å². The zero-order valence-electron chi connectivity index (χ0n) is 12.7. The zero-order valence-corrected chi connectivity index (χ0v) is 14.3. The van der Waals surface area contributed by atoms with Crippen molar-refractivity contribution in [1.82, 2.24) is 4.98 Å². The van der Waals surface area contributed by atoms with E-state index in [0.29, 0.717) is 5.75 Å². The van der Waals surface area contributed by atoms with Gasteiger partial charge in [0.05, 0.1) is 22.7 Å². The number of thioether (sulfide) groups is 2. The van der Waals surface area contributed by atoms with Crippen molar-refractivity contribution in [2.24, 2.45) is 0 Å². The molecular weight excluding hydrogens is 324 g/mol. The number of benzene rings is 2. The molecule has 3 rings (SSSR count). The van der Waals surface area contributed by atoms with E-state index >= 15 is 0 Å². The van der Waals surface area contributed by atoms with Gasteiger partial charge in [-0.05, 0) is 41.3 Å². The van der Waals surface area contributed by atoms with Crippen molar-refractivity contribution in [2.45, 2.75) is 9.92 Å². The fourth-order valence-corrected chi connectivity index (χ4v) is 3.28. The van der Waals surface area contributed by atoms with Crippen molar-refractivity contribution >= 4 is 45.9 Å². The van der Waals surface area contributed by atoms with Crippen LogP contribution in [0, 0.1) is 0 Å². The van der Waals surface area contributed by atoms with Gasteiger partial charge in [0.2, 0.25) is 5.91 Å². The van der Waals surface area contributed by atoms with Crippen LogP contribution in [0.2, 0.25) is 0 Å². The van der Waals surface area contributed by atoms with Gasteiger partial charge >= 0.3 is 0 Å². The molecule has 5 heteroatoms. The van der Waals surface area contributed by atoms with Crippen LogP contribution in [-0.2, 0) is 4.79 Å². The predicted octanol–water partition coefficient (Wildman–Crippen LogP) is 4.69. The molecule has 0 aliphatic heterocycles. The van der Waals surface area contributed by atoms with Crippen LogP contribution in [-0.4, -0.2) is 22.9 Å². The minimum absolute atomic E-state index is 0.0261. The Balaban J connectivity index is 1.58. The van der Waals surface area contributed by atoms with Crippen LogP contribution in [0.25, 0.3) is 10.8 Å². The van der Waals surface area contributed by atoms with Crippen LogP contribution in [0.4, 0.5) is 5.69 Å². The summed E-state index contributed by atoms with van der Waals surface area (Å²) in [4.78, 5) is 17.4. The molecule has 0 bridgehead atoms. The Morgan fingerprint density at radius 3 is 2.65 bits per heavy atom. The molecule has 23 heavy (non-hydrogen) atoms. The normalized spacial score (nSPS) is 10.7. The molecule has 1 N–H and O–H groups in total. The number of carbonyl (C=O) groups excluding carboxylic acids is 1. The number of hydrogen-bond donors (Lipinski definition) is 1. The van der Waals surface area contributed by atoms with Gasteiger partial charge in [-0.1, -0.05) is 30.3 Å². The van der Waals surface area contributed by atoms with Crippen molar-refractivity contribution in [3.8, 4) is 0 Å². The average Bonchev–Trinajstić information content (AvgIpc) is 2.60. The van der Waals surface area contributed by atoms with Crippen molar-refractivity contribution in [2.75, 3.05) is 17.3 Å². The lowest BCUT2D eigenvalue weighted by molar-refractivity contribution is -0.113. The Morgan fingerprint density at radius 2 is 1.91 bits per heavy atom. The number of amides is 1. The van der Waals surface area contributed by atoms with Crippen LogP contribution in [0.5, 0.6) is 0 Å². The number of anilines is 1. The Kier molecular flexibility index (Phi) is 5.20. The Morgan fingerprint density at radius 1 is 1.09 bits per heavy atom. The first-order valence-corrected chi connectivity index (χ1v) is 9.37. The molecule has 1 aromatic heterocycles. The monoisotopic (exact) mass is 340 g/mol. The Labute approximate surface area is 143 Å². The fraction of sp³-hybridized carbons (Fsp3) is 0.111. The van der Waals surface area contributed by atoms with Crippen LogP contribution < -0.4 is 5.32 Å². The van der Waals surface area contributed by atoms with Crippen LogP contribution >= 0.6 is 23.5 Å². The summed E-state index contributed by atoms with van der Waals surface area (Å²) in [6, 6.07) is 18.2. The quantitative estimate of drug-likeness (QED) is 0.684. The molecule has 1 heterocycles. The summed E-state index contributed by atoms with van der Waals surface area (Å²) in [5.41, 5.74) is 0.729. The fourth-order valence-electron chi connectivity index (χ4n) is 2.18. The van der Waals surface area contributed by atoms with E-state index in [9.17, 15) is 4.79 Å². The second kappa shape index (κ2) is 7.53. The van der Waals surface area contributed by atoms with E-state index in [1.54, 1.807) is 18.0 Å². The van der Waals surface area contributed by atoms with Gasteiger partial charge in [-0.3, -0.25) is 4.79 Å². The molecule has 3 aromatic rings. The largest absolute Gasteiger partial charge is 0.324 e. The summed E-state index contributed by atoms with van der Waals surface area (Å²) < 4.78 is 0. The van der Waals surface area contributed by atoms with Crippen molar-refractivity contribution < 1.29 is 4.79 Å². The van der Waals surface area contributed by atoms with E-state index in [1.165, 1.54) is 22.5 Å². The first-order valence-electron chi connectivity index (χ1n) is 7.16. The number of hydrogen-bond acceptors (Lipinski definition) is 4. The Hall–Kier alpha value is -1.98. The molecule has 0 fully saturated rings. The number of fused-ring (bicyclic) bond motifs is 1. The first-order chi connectivity index (χ1) is 11.2. The number of rotatable bonds is 5. The molecule has 0 radical (unpaired) electrons. The van der Waals surface area contributed by atoms with Crippen LogP contribution in [0.3, 0.4) is 0 Å². The molecular formula is C18H16N2OS2. The van der Waals surface area contributed by atoms with E-state index < -0.39 is 0 Å². The molecule has 0 saturated carbocycles. The topological polar surface area (TPSA) is 42.0 Å². The molecule has 0 aliphatic rings. The predicted molar refractivity (Wildman–Crippen MR) is 99.3 cm³/mol. The van der Waals surface area contributed by atoms with Gasteiger partial charge in [0.15, 0.2) is 0 Å². The Bertz CT molecular complexity index is 819. The van der Waals surface area contributed by atoms with Gasteiger partial charge in [0.1, 0.15) is 0 Å². The molecule has 1 amide bonds. The lowest BCUT2D eigenvalue weighted by Crippen LogP contribution is -2.14. The van der Waals surface area contributed by atoms with Gasteiger partial charge in [-0.2, -0.15) is 0 Å². The molecule has 3 nitrogen and oxygen atoms in total. The van der Waals surface area contributed by atoms with E-state index in [0.717, 1.165) is 15.6 Å². The zero-order chi connectivity index (χ0) is 16.1. The molecule has 0 saturated heterocycles. The molecule has 0 aliphatic carbocycles. The number of nitrogens with zero attached hydrogens (tertiary/aromatic N) is 1. The highest BCUT2D eigenvalue weighted by Crippen LogP contribution is 2.23. The first kappa shape index (κ1) is 15.9. The second-order valence-electron chi connectivity index (χ2n) is 4.94. The standard InChI is InChI=1S/C18H16N2OS2/c1-22-18-9-7-15(11-19-18)20-17(21)12-23-16-8-6-13-4-2-3-5-14(13)10-16/h2-11H,12H2,1H3,(H,20,21). The maximum absolute atomic E-state index is 12.0. The van der Waals surface area contributed by atoms with Gasteiger partial charge in [0, 0.05) is 4.90 Å². The highest BCUT2D eigenvalue weighted by atomic mass is 32.2. The number of nitrogens with one attached hydrogen (secondary N) is 1. The summed E-state index contributed by atoms with van der Waals surface area (Å²) in [5.74, 6) is 0.352. The summed E-state index contributed by atoms with van der Waals surface area (Å²) >= 11 is 3.11. The molecule has 0 spiro atoms. The lowest BCUT2D eigenvalue weighted by atomic mass is 10.1. The van der Waals surface area contributed by atoms with Crippen molar-refractivity contribution in [3.05, 3.63) is 60.8 Å².